The number of rotatable bonds is 7. The van der Waals surface area contributed by atoms with Gasteiger partial charge < -0.3 is 10.1 Å². The molecule has 1 atom stereocenters. The van der Waals surface area contributed by atoms with Crippen LogP contribution < -0.4 is 20.4 Å². The van der Waals surface area contributed by atoms with Gasteiger partial charge in [-0.25, -0.2) is 5.43 Å². The molecule has 176 valence electrons. The van der Waals surface area contributed by atoms with Crippen molar-refractivity contribution in [2.75, 3.05) is 11.5 Å². The van der Waals surface area contributed by atoms with Gasteiger partial charge in [0.15, 0.2) is 17.6 Å². The fourth-order valence-corrected chi connectivity index (χ4v) is 3.70. The molecule has 1 fully saturated rings. The molecule has 9 heteroatoms. The van der Waals surface area contributed by atoms with Crippen LogP contribution in [0.5, 0.6) is 5.75 Å². The number of nitrogens with zero attached hydrogens (tertiary/aromatic N) is 2. The lowest BCUT2D eigenvalue weighted by Crippen LogP contribution is -2.58. The summed E-state index contributed by atoms with van der Waals surface area (Å²) in [6.45, 7) is 1.63. The number of nitrogens with one attached hydrogen (secondary N) is 2. The van der Waals surface area contributed by atoms with Crippen molar-refractivity contribution in [2.45, 2.75) is 6.92 Å². The first kappa shape index (κ1) is 23.8. The summed E-state index contributed by atoms with van der Waals surface area (Å²) in [4.78, 5) is 38.5. The quantitative estimate of drug-likeness (QED) is 0.231. The predicted molar refractivity (Wildman–Crippen MR) is 137 cm³/mol. The van der Waals surface area contributed by atoms with E-state index in [4.69, 9.17) is 17.0 Å². The Hall–Kier alpha value is -4.37. The van der Waals surface area contributed by atoms with Gasteiger partial charge in [-0.05, 0) is 54.5 Å². The van der Waals surface area contributed by atoms with Crippen LogP contribution in [0.1, 0.15) is 5.56 Å². The highest BCUT2D eigenvalue weighted by Gasteiger charge is 2.38. The second-order valence-electron chi connectivity index (χ2n) is 7.77. The zero-order valence-corrected chi connectivity index (χ0v) is 19.6. The van der Waals surface area contributed by atoms with Gasteiger partial charge in [0, 0.05) is 6.21 Å². The van der Waals surface area contributed by atoms with Gasteiger partial charge in [0.05, 0.1) is 5.69 Å². The molecular weight excluding hydrogens is 464 g/mol. The summed E-state index contributed by atoms with van der Waals surface area (Å²) >= 11 is 5.16. The van der Waals surface area contributed by atoms with Gasteiger partial charge >= 0.3 is 0 Å². The predicted octanol–water partition coefficient (Wildman–Crippen LogP) is 3.21. The minimum absolute atomic E-state index is 0.00998. The van der Waals surface area contributed by atoms with Crippen molar-refractivity contribution in [1.82, 2.24) is 10.7 Å². The van der Waals surface area contributed by atoms with E-state index in [2.05, 4.69) is 15.8 Å². The maximum atomic E-state index is 12.9. The molecule has 0 aromatic heterocycles. The Morgan fingerprint density at radius 1 is 1.03 bits per heavy atom. The normalized spacial score (nSPS) is 15.7. The average molecular weight is 487 g/mol. The summed E-state index contributed by atoms with van der Waals surface area (Å²) in [5.41, 5.74) is 5.93. The standard InChI is InChI=1S/C26H22N4O4S/c1-17-7-11-20(12-8-17)30-25(33)22(24(32)28-26(30)35)15-27-29-23(31)16-34-21-13-9-19(10-14-21)18-5-3-2-4-6-18/h2-15,22H,16H2,1H3,(H,29,31)(H,28,32,35)/b27-15-/t22-/m0/s1. The number of hydrogen-bond acceptors (Lipinski definition) is 6. The van der Waals surface area contributed by atoms with Gasteiger partial charge in [-0.2, -0.15) is 5.10 Å². The number of aryl methyl sites for hydroxylation is 1. The largest absolute Gasteiger partial charge is 0.484 e. The van der Waals surface area contributed by atoms with Crippen LogP contribution in [-0.4, -0.2) is 35.7 Å². The molecule has 3 aromatic carbocycles. The molecule has 0 saturated carbocycles. The van der Waals surface area contributed by atoms with E-state index in [-0.39, 0.29) is 11.7 Å². The van der Waals surface area contributed by atoms with E-state index < -0.39 is 23.6 Å². The fourth-order valence-electron chi connectivity index (χ4n) is 3.40. The monoisotopic (exact) mass is 486 g/mol. The van der Waals surface area contributed by atoms with E-state index in [0.29, 0.717) is 11.4 Å². The van der Waals surface area contributed by atoms with Gasteiger partial charge in [0.2, 0.25) is 5.91 Å². The molecule has 0 unspecified atom stereocenters. The van der Waals surface area contributed by atoms with E-state index in [1.54, 1.807) is 24.3 Å². The fraction of sp³-hybridized carbons (Fsp3) is 0.115. The second kappa shape index (κ2) is 10.7. The molecule has 0 radical (unpaired) electrons. The summed E-state index contributed by atoms with van der Waals surface area (Å²) < 4.78 is 5.48. The summed E-state index contributed by atoms with van der Waals surface area (Å²) in [5.74, 6) is -2.43. The minimum atomic E-state index is -1.24. The van der Waals surface area contributed by atoms with Crippen LogP contribution in [0.3, 0.4) is 0 Å². The van der Waals surface area contributed by atoms with Crippen LogP contribution >= 0.6 is 12.2 Å². The number of benzene rings is 3. The molecule has 1 saturated heterocycles. The third-order valence-electron chi connectivity index (χ3n) is 5.24. The van der Waals surface area contributed by atoms with E-state index in [1.165, 1.54) is 4.90 Å². The number of hydrazone groups is 1. The third kappa shape index (κ3) is 5.77. The first-order valence-electron chi connectivity index (χ1n) is 10.8. The van der Waals surface area contributed by atoms with Crippen molar-refractivity contribution in [2.24, 2.45) is 11.0 Å². The molecule has 3 amide bonds. The molecule has 3 aromatic rings. The number of ether oxygens (including phenoxy) is 1. The van der Waals surface area contributed by atoms with Gasteiger partial charge in [0.1, 0.15) is 5.75 Å². The van der Waals surface area contributed by atoms with Crippen LogP contribution in [0.2, 0.25) is 0 Å². The Bertz CT molecular complexity index is 1270. The second-order valence-corrected chi connectivity index (χ2v) is 8.16. The molecule has 0 bridgehead atoms. The molecule has 35 heavy (non-hydrogen) atoms. The lowest BCUT2D eigenvalue weighted by atomic mass is 10.1. The van der Waals surface area contributed by atoms with Crippen LogP contribution in [0, 0.1) is 12.8 Å². The topological polar surface area (TPSA) is 100 Å². The first-order valence-corrected chi connectivity index (χ1v) is 11.2. The van der Waals surface area contributed by atoms with Crippen molar-refractivity contribution in [3.05, 3.63) is 84.4 Å². The Morgan fingerprint density at radius 2 is 1.69 bits per heavy atom. The van der Waals surface area contributed by atoms with Crippen molar-refractivity contribution in [3.63, 3.8) is 0 Å². The Balaban J connectivity index is 1.32. The molecule has 1 aliphatic heterocycles. The number of thiocarbonyl (C=S) groups is 1. The molecular formula is C26H22N4O4S. The van der Waals surface area contributed by atoms with Gasteiger partial charge in [-0.3, -0.25) is 19.3 Å². The smallest absolute Gasteiger partial charge is 0.277 e. The molecule has 4 rings (SSSR count). The van der Waals surface area contributed by atoms with Gasteiger partial charge in [0.25, 0.3) is 11.8 Å². The van der Waals surface area contributed by atoms with E-state index >= 15 is 0 Å². The van der Waals surface area contributed by atoms with Crippen LogP contribution in [-0.2, 0) is 14.4 Å². The van der Waals surface area contributed by atoms with Crippen LogP contribution in [0.25, 0.3) is 11.1 Å². The summed E-state index contributed by atoms with van der Waals surface area (Å²) in [5, 5.41) is 6.26. The van der Waals surface area contributed by atoms with Crippen LogP contribution in [0.4, 0.5) is 5.69 Å². The molecule has 1 heterocycles. The van der Waals surface area contributed by atoms with Gasteiger partial charge in [-0.1, -0.05) is 60.2 Å². The zero-order valence-electron chi connectivity index (χ0n) is 18.8. The zero-order chi connectivity index (χ0) is 24.8. The van der Waals surface area contributed by atoms with Gasteiger partial charge in [-0.15, -0.1) is 0 Å². The average Bonchev–Trinajstić information content (AvgIpc) is 2.86. The van der Waals surface area contributed by atoms with Crippen molar-refractivity contribution >= 4 is 47.0 Å². The lowest BCUT2D eigenvalue weighted by molar-refractivity contribution is -0.130. The number of anilines is 1. The number of carbonyl (C=O) groups is 3. The maximum Gasteiger partial charge on any atom is 0.277 e. The highest BCUT2D eigenvalue weighted by Crippen LogP contribution is 2.22. The van der Waals surface area contributed by atoms with Crippen molar-refractivity contribution in [1.29, 1.82) is 0 Å². The van der Waals surface area contributed by atoms with Crippen molar-refractivity contribution < 1.29 is 19.1 Å². The SMILES string of the molecule is Cc1ccc(N2C(=O)[C@@H](/C=N\NC(=O)COc3ccc(-c4ccccc4)cc3)C(=O)NC2=S)cc1. The molecule has 0 aliphatic carbocycles. The molecule has 2 N–H and O–H groups in total. The highest BCUT2D eigenvalue weighted by molar-refractivity contribution is 7.80. The highest BCUT2D eigenvalue weighted by atomic mass is 32.1. The molecule has 1 aliphatic rings. The van der Waals surface area contributed by atoms with E-state index in [1.807, 2.05) is 61.5 Å². The molecule has 8 nitrogen and oxygen atoms in total. The number of amides is 3. The third-order valence-corrected chi connectivity index (χ3v) is 5.52. The molecule has 0 spiro atoms. The van der Waals surface area contributed by atoms with Crippen molar-refractivity contribution in [3.8, 4) is 16.9 Å². The maximum absolute atomic E-state index is 12.9. The minimum Gasteiger partial charge on any atom is -0.484 e. The Morgan fingerprint density at radius 3 is 2.37 bits per heavy atom. The Kier molecular flexibility index (Phi) is 7.27. The lowest BCUT2D eigenvalue weighted by Gasteiger charge is -2.30. The van der Waals surface area contributed by atoms with Crippen LogP contribution in [0.15, 0.2) is 84.0 Å². The summed E-state index contributed by atoms with van der Waals surface area (Å²) in [7, 11) is 0. The Labute approximate surface area is 207 Å². The summed E-state index contributed by atoms with van der Waals surface area (Å²) in [6, 6.07) is 24.4. The van der Waals surface area contributed by atoms with E-state index in [0.717, 1.165) is 22.9 Å². The van der Waals surface area contributed by atoms with E-state index in [9.17, 15) is 14.4 Å². The first-order chi connectivity index (χ1) is 16.9. The summed E-state index contributed by atoms with van der Waals surface area (Å²) in [6.07, 6.45) is 1.08. The number of carbonyl (C=O) groups excluding carboxylic acids is 3. The number of hydrogen-bond donors (Lipinski definition) is 2.